The number of ether oxygens (including phenoxy) is 3. The van der Waals surface area contributed by atoms with Crippen molar-refractivity contribution in [2.24, 2.45) is 0 Å². The standard InChI is InChI=1S/C20H24N2O4/c1-22(13-19-15-24-10-11-25-19)20(23)21-17-8-5-9-18(12-17)26-14-16-6-3-2-4-7-16/h2-9,12,19H,10-11,13-15H2,1H3,(H,21,23)/t19-/m1/s1. The van der Waals surface area contributed by atoms with E-state index in [-0.39, 0.29) is 12.1 Å². The van der Waals surface area contributed by atoms with Gasteiger partial charge in [-0.1, -0.05) is 36.4 Å². The summed E-state index contributed by atoms with van der Waals surface area (Å²) in [6, 6.07) is 17.1. The van der Waals surface area contributed by atoms with Crippen molar-refractivity contribution in [3.63, 3.8) is 0 Å². The second-order valence-corrected chi connectivity index (χ2v) is 6.18. The molecule has 0 spiro atoms. The number of nitrogens with zero attached hydrogens (tertiary/aromatic N) is 1. The summed E-state index contributed by atoms with van der Waals surface area (Å²) in [6.45, 7) is 2.66. The largest absolute Gasteiger partial charge is 0.489 e. The molecule has 0 unspecified atom stereocenters. The zero-order valence-electron chi connectivity index (χ0n) is 14.9. The molecule has 1 saturated heterocycles. The van der Waals surface area contributed by atoms with Crippen molar-refractivity contribution in [2.75, 3.05) is 38.7 Å². The van der Waals surface area contributed by atoms with Crippen LogP contribution in [0.3, 0.4) is 0 Å². The Balaban J connectivity index is 1.51. The van der Waals surface area contributed by atoms with Gasteiger partial charge in [0.2, 0.25) is 0 Å². The fourth-order valence-corrected chi connectivity index (χ4v) is 2.65. The van der Waals surface area contributed by atoms with E-state index in [1.165, 1.54) is 0 Å². The molecule has 6 nitrogen and oxygen atoms in total. The number of urea groups is 1. The Bertz CT molecular complexity index is 702. The monoisotopic (exact) mass is 356 g/mol. The lowest BCUT2D eigenvalue weighted by Crippen LogP contribution is -2.42. The van der Waals surface area contributed by atoms with Crippen LogP contribution in [-0.2, 0) is 16.1 Å². The van der Waals surface area contributed by atoms with Crippen LogP contribution >= 0.6 is 0 Å². The van der Waals surface area contributed by atoms with E-state index < -0.39 is 0 Å². The third-order valence-corrected chi connectivity index (χ3v) is 4.04. The summed E-state index contributed by atoms with van der Waals surface area (Å²) in [5.41, 5.74) is 1.78. The molecule has 0 bridgehead atoms. The van der Waals surface area contributed by atoms with Gasteiger partial charge in [0.25, 0.3) is 0 Å². The normalized spacial score (nSPS) is 16.7. The molecule has 2 aromatic carbocycles. The zero-order valence-corrected chi connectivity index (χ0v) is 14.9. The van der Waals surface area contributed by atoms with Gasteiger partial charge >= 0.3 is 6.03 Å². The molecule has 1 aliphatic heterocycles. The highest BCUT2D eigenvalue weighted by atomic mass is 16.6. The summed E-state index contributed by atoms with van der Waals surface area (Å²) < 4.78 is 16.7. The maximum absolute atomic E-state index is 12.4. The van der Waals surface area contributed by atoms with Gasteiger partial charge in [-0.15, -0.1) is 0 Å². The van der Waals surface area contributed by atoms with E-state index in [1.54, 1.807) is 11.9 Å². The number of likely N-dealkylation sites (N-methyl/N-ethyl adjacent to an activating group) is 1. The lowest BCUT2D eigenvalue weighted by atomic mass is 10.2. The Morgan fingerprint density at radius 1 is 1.19 bits per heavy atom. The van der Waals surface area contributed by atoms with E-state index in [2.05, 4.69) is 5.32 Å². The number of amides is 2. The summed E-state index contributed by atoms with van der Waals surface area (Å²) in [5.74, 6) is 0.707. The number of carbonyl (C=O) groups is 1. The number of anilines is 1. The minimum atomic E-state index is -0.195. The van der Waals surface area contributed by atoms with Crippen LogP contribution in [0.2, 0.25) is 0 Å². The molecular formula is C20H24N2O4. The van der Waals surface area contributed by atoms with Gasteiger partial charge in [0.1, 0.15) is 12.4 Å². The SMILES string of the molecule is CN(C[C@@H]1COCCO1)C(=O)Nc1cccc(OCc2ccccc2)c1. The van der Waals surface area contributed by atoms with E-state index in [0.717, 1.165) is 5.56 Å². The predicted octanol–water partition coefficient (Wildman–Crippen LogP) is 3.14. The van der Waals surface area contributed by atoms with Gasteiger partial charge in [0.15, 0.2) is 0 Å². The molecule has 0 aliphatic carbocycles. The molecule has 0 radical (unpaired) electrons. The van der Waals surface area contributed by atoms with E-state index in [9.17, 15) is 4.79 Å². The Labute approximate surface area is 153 Å². The number of benzene rings is 2. The molecule has 1 atom stereocenters. The maximum atomic E-state index is 12.4. The van der Waals surface area contributed by atoms with Crippen molar-refractivity contribution in [1.29, 1.82) is 0 Å². The number of hydrogen-bond donors (Lipinski definition) is 1. The van der Waals surface area contributed by atoms with Gasteiger partial charge < -0.3 is 24.4 Å². The number of hydrogen-bond acceptors (Lipinski definition) is 4. The summed E-state index contributed by atoms with van der Waals surface area (Å²) >= 11 is 0. The lowest BCUT2D eigenvalue weighted by molar-refractivity contribution is -0.0925. The Morgan fingerprint density at radius 2 is 2.04 bits per heavy atom. The summed E-state index contributed by atoms with van der Waals surface area (Å²) in [6.07, 6.45) is -0.0833. The first kappa shape index (κ1) is 18.2. The molecule has 0 saturated carbocycles. The third-order valence-electron chi connectivity index (χ3n) is 4.04. The van der Waals surface area contributed by atoms with Crippen LogP contribution in [-0.4, -0.2) is 50.4 Å². The Morgan fingerprint density at radius 3 is 2.81 bits per heavy atom. The molecule has 0 aromatic heterocycles. The second kappa shape index (κ2) is 9.22. The van der Waals surface area contributed by atoms with Crippen LogP contribution in [0.15, 0.2) is 54.6 Å². The van der Waals surface area contributed by atoms with Gasteiger partial charge in [0.05, 0.1) is 32.5 Å². The second-order valence-electron chi connectivity index (χ2n) is 6.18. The average Bonchev–Trinajstić information content (AvgIpc) is 2.68. The van der Waals surface area contributed by atoms with E-state index >= 15 is 0 Å². The van der Waals surface area contributed by atoms with Gasteiger partial charge in [-0.2, -0.15) is 0 Å². The fraction of sp³-hybridized carbons (Fsp3) is 0.350. The highest BCUT2D eigenvalue weighted by Gasteiger charge is 2.19. The van der Waals surface area contributed by atoms with E-state index in [4.69, 9.17) is 14.2 Å². The molecule has 6 heteroatoms. The molecule has 1 aliphatic rings. The molecule has 1 heterocycles. The number of nitrogens with one attached hydrogen (secondary N) is 1. The Kier molecular flexibility index (Phi) is 6.46. The van der Waals surface area contributed by atoms with Crippen molar-refractivity contribution in [2.45, 2.75) is 12.7 Å². The van der Waals surface area contributed by atoms with Crippen molar-refractivity contribution >= 4 is 11.7 Å². The zero-order chi connectivity index (χ0) is 18.2. The quantitative estimate of drug-likeness (QED) is 0.864. The molecule has 138 valence electrons. The summed E-state index contributed by atoms with van der Waals surface area (Å²) in [5, 5.41) is 2.88. The first-order valence-corrected chi connectivity index (χ1v) is 8.69. The topological polar surface area (TPSA) is 60.0 Å². The number of carbonyl (C=O) groups excluding carboxylic acids is 1. The van der Waals surface area contributed by atoms with Crippen molar-refractivity contribution in [1.82, 2.24) is 4.90 Å². The van der Waals surface area contributed by atoms with E-state index in [0.29, 0.717) is 44.4 Å². The molecule has 1 N–H and O–H groups in total. The van der Waals surface area contributed by atoms with Gasteiger partial charge in [-0.25, -0.2) is 4.79 Å². The van der Waals surface area contributed by atoms with Crippen LogP contribution in [0.4, 0.5) is 10.5 Å². The van der Waals surface area contributed by atoms with Gasteiger partial charge in [-0.3, -0.25) is 0 Å². The minimum Gasteiger partial charge on any atom is -0.489 e. The van der Waals surface area contributed by atoms with Crippen LogP contribution < -0.4 is 10.1 Å². The van der Waals surface area contributed by atoms with Crippen molar-refractivity contribution < 1.29 is 19.0 Å². The predicted molar refractivity (Wildman–Crippen MR) is 99.4 cm³/mol. The van der Waals surface area contributed by atoms with E-state index in [1.807, 2.05) is 54.6 Å². The maximum Gasteiger partial charge on any atom is 0.321 e. The molecule has 1 fully saturated rings. The Hall–Kier alpha value is -2.57. The first-order valence-electron chi connectivity index (χ1n) is 8.69. The van der Waals surface area contributed by atoms with Crippen molar-refractivity contribution in [3.05, 3.63) is 60.2 Å². The van der Waals surface area contributed by atoms with Crippen LogP contribution in [0.1, 0.15) is 5.56 Å². The summed E-state index contributed by atoms with van der Waals surface area (Å²) in [7, 11) is 1.74. The van der Waals surface area contributed by atoms with Crippen LogP contribution in [0, 0.1) is 0 Å². The summed E-state index contributed by atoms with van der Waals surface area (Å²) in [4.78, 5) is 13.9. The van der Waals surface area contributed by atoms with Crippen LogP contribution in [0.5, 0.6) is 5.75 Å². The highest BCUT2D eigenvalue weighted by molar-refractivity contribution is 5.89. The molecular weight excluding hydrogens is 332 g/mol. The average molecular weight is 356 g/mol. The molecule has 2 aromatic rings. The van der Waals surface area contributed by atoms with Crippen LogP contribution in [0.25, 0.3) is 0 Å². The first-order chi connectivity index (χ1) is 12.7. The third kappa shape index (κ3) is 5.47. The minimum absolute atomic E-state index is 0.0833. The van der Waals surface area contributed by atoms with Crippen molar-refractivity contribution in [3.8, 4) is 5.75 Å². The molecule has 26 heavy (non-hydrogen) atoms. The highest BCUT2D eigenvalue weighted by Crippen LogP contribution is 2.19. The number of rotatable bonds is 6. The smallest absolute Gasteiger partial charge is 0.321 e. The molecule has 2 amide bonds. The lowest BCUT2D eigenvalue weighted by Gasteiger charge is -2.27. The molecule has 3 rings (SSSR count). The van der Waals surface area contributed by atoms with Gasteiger partial charge in [-0.05, 0) is 17.7 Å². The fourth-order valence-electron chi connectivity index (χ4n) is 2.65. The van der Waals surface area contributed by atoms with Gasteiger partial charge in [0, 0.05) is 18.8 Å².